The lowest BCUT2D eigenvalue weighted by molar-refractivity contribution is 0.261. The van der Waals surface area contributed by atoms with Crippen molar-refractivity contribution in [2.75, 3.05) is 13.1 Å². The fourth-order valence-corrected chi connectivity index (χ4v) is 3.12. The van der Waals surface area contributed by atoms with Crippen LogP contribution in [0.3, 0.4) is 0 Å². The monoisotopic (exact) mass is 285 g/mol. The third-order valence-electron chi connectivity index (χ3n) is 4.34. The van der Waals surface area contributed by atoms with Gasteiger partial charge < -0.3 is 5.32 Å². The number of nitrogens with one attached hydrogen (secondary N) is 1. The molecule has 0 aliphatic carbocycles. The summed E-state index contributed by atoms with van der Waals surface area (Å²) in [7, 11) is 0. The maximum absolute atomic E-state index is 4.29. The molecule has 1 N–H and O–H groups in total. The number of tetrazole rings is 1. The highest BCUT2D eigenvalue weighted by atomic mass is 15.6. The van der Waals surface area contributed by atoms with Gasteiger partial charge in [0.05, 0.1) is 0 Å². The van der Waals surface area contributed by atoms with Crippen molar-refractivity contribution in [3.8, 4) is 0 Å². The molecule has 21 heavy (non-hydrogen) atoms. The van der Waals surface area contributed by atoms with Gasteiger partial charge in [-0.2, -0.15) is 4.80 Å². The Bertz CT molecular complexity index is 541. The molecule has 5 heteroatoms. The molecule has 2 atom stereocenters. The predicted octanol–water partition coefficient (Wildman–Crippen LogP) is 2.39. The molecule has 0 saturated carbocycles. The third kappa shape index (κ3) is 3.13. The van der Waals surface area contributed by atoms with Gasteiger partial charge in [0.15, 0.2) is 6.33 Å². The molecular weight excluding hydrogens is 262 g/mol. The van der Waals surface area contributed by atoms with E-state index < -0.39 is 0 Å². The first kappa shape index (κ1) is 14.2. The van der Waals surface area contributed by atoms with Crippen LogP contribution in [0.5, 0.6) is 0 Å². The Morgan fingerprint density at radius 3 is 2.52 bits per heavy atom. The highest BCUT2D eigenvalue weighted by molar-refractivity contribution is 5.27. The van der Waals surface area contributed by atoms with Gasteiger partial charge in [0.2, 0.25) is 0 Å². The van der Waals surface area contributed by atoms with E-state index in [1.54, 1.807) is 4.80 Å². The van der Waals surface area contributed by atoms with Gasteiger partial charge in [-0.3, -0.25) is 0 Å². The van der Waals surface area contributed by atoms with Crippen molar-refractivity contribution in [2.24, 2.45) is 5.92 Å². The minimum atomic E-state index is 0.168. The number of aromatic nitrogens is 4. The molecule has 1 saturated heterocycles. The van der Waals surface area contributed by atoms with E-state index in [-0.39, 0.29) is 6.04 Å². The highest BCUT2D eigenvalue weighted by Gasteiger charge is 2.28. The summed E-state index contributed by atoms with van der Waals surface area (Å²) in [6.45, 7) is 6.56. The maximum Gasteiger partial charge on any atom is 0.162 e. The minimum absolute atomic E-state index is 0.168. The van der Waals surface area contributed by atoms with E-state index in [0.717, 1.165) is 13.1 Å². The lowest BCUT2D eigenvalue weighted by Crippen LogP contribution is -2.36. The lowest BCUT2D eigenvalue weighted by Gasteiger charge is -2.30. The van der Waals surface area contributed by atoms with Gasteiger partial charge in [-0.25, -0.2) is 0 Å². The number of rotatable bonds is 4. The molecule has 0 unspecified atom stereocenters. The molecule has 2 aromatic rings. The second kappa shape index (κ2) is 6.35. The summed E-state index contributed by atoms with van der Waals surface area (Å²) in [4.78, 5) is 1.77. The summed E-state index contributed by atoms with van der Waals surface area (Å²) in [6, 6.07) is 9.05. The van der Waals surface area contributed by atoms with E-state index in [4.69, 9.17) is 0 Å². The third-order valence-corrected chi connectivity index (χ3v) is 4.34. The van der Waals surface area contributed by atoms with Crippen LogP contribution in [0.25, 0.3) is 0 Å². The first-order valence-corrected chi connectivity index (χ1v) is 7.78. The van der Waals surface area contributed by atoms with Crippen LogP contribution in [0.1, 0.15) is 49.8 Å². The zero-order chi connectivity index (χ0) is 14.7. The molecule has 0 radical (unpaired) electrons. The zero-order valence-corrected chi connectivity index (χ0v) is 12.7. The average Bonchev–Trinajstić information content (AvgIpc) is 3.03. The SMILES string of the molecule is CC(C)c1ccc([C@H]([C@H]2CCCNC2)n2ncnn2)cc1. The molecule has 3 rings (SSSR count). The number of piperidine rings is 1. The standard InChI is InChI=1S/C16H23N5/c1-12(2)13-5-7-14(8-6-13)16(21-19-11-18-20-21)15-4-3-9-17-10-15/h5-8,11-12,15-17H,3-4,9-10H2,1-2H3/t15-,16+/m0/s1. The van der Waals surface area contributed by atoms with E-state index in [1.165, 1.54) is 30.3 Å². The quantitative estimate of drug-likeness (QED) is 0.937. The van der Waals surface area contributed by atoms with E-state index in [1.807, 2.05) is 0 Å². The van der Waals surface area contributed by atoms with Gasteiger partial charge in [-0.15, -0.1) is 10.2 Å². The first-order chi connectivity index (χ1) is 10.3. The summed E-state index contributed by atoms with van der Waals surface area (Å²) in [5, 5.41) is 15.8. The molecule has 0 amide bonds. The summed E-state index contributed by atoms with van der Waals surface area (Å²) in [5.41, 5.74) is 2.64. The molecule has 1 aliphatic rings. The van der Waals surface area contributed by atoms with Crippen molar-refractivity contribution in [1.29, 1.82) is 0 Å². The van der Waals surface area contributed by atoms with Crippen LogP contribution >= 0.6 is 0 Å². The largest absolute Gasteiger partial charge is 0.316 e. The van der Waals surface area contributed by atoms with E-state index in [9.17, 15) is 0 Å². The van der Waals surface area contributed by atoms with E-state index in [2.05, 4.69) is 58.8 Å². The Labute approximate surface area is 125 Å². The molecule has 112 valence electrons. The Balaban J connectivity index is 1.91. The van der Waals surface area contributed by atoms with Crippen molar-refractivity contribution in [2.45, 2.75) is 38.6 Å². The maximum atomic E-state index is 4.29. The van der Waals surface area contributed by atoms with Crippen molar-refractivity contribution in [1.82, 2.24) is 25.5 Å². The minimum Gasteiger partial charge on any atom is -0.316 e. The van der Waals surface area contributed by atoms with Crippen LogP contribution in [-0.2, 0) is 0 Å². The Kier molecular flexibility index (Phi) is 4.29. The van der Waals surface area contributed by atoms with Crippen LogP contribution in [0, 0.1) is 5.92 Å². The topological polar surface area (TPSA) is 55.6 Å². The van der Waals surface area contributed by atoms with Crippen molar-refractivity contribution < 1.29 is 0 Å². The molecular formula is C16H23N5. The number of hydrogen-bond acceptors (Lipinski definition) is 4. The predicted molar refractivity (Wildman–Crippen MR) is 82.1 cm³/mol. The van der Waals surface area contributed by atoms with Gasteiger partial charge >= 0.3 is 0 Å². The van der Waals surface area contributed by atoms with E-state index in [0.29, 0.717) is 11.8 Å². The normalized spacial score (nSPS) is 20.6. The summed E-state index contributed by atoms with van der Waals surface area (Å²) >= 11 is 0. The molecule has 1 aliphatic heterocycles. The van der Waals surface area contributed by atoms with Crippen molar-refractivity contribution >= 4 is 0 Å². The number of benzene rings is 1. The molecule has 2 heterocycles. The van der Waals surface area contributed by atoms with Gasteiger partial charge in [0.1, 0.15) is 6.04 Å². The first-order valence-electron chi connectivity index (χ1n) is 7.78. The summed E-state index contributed by atoms with van der Waals surface area (Å²) in [6.07, 6.45) is 3.93. The molecule has 1 aromatic carbocycles. The smallest absolute Gasteiger partial charge is 0.162 e. The van der Waals surface area contributed by atoms with Gasteiger partial charge in [-0.1, -0.05) is 38.1 Å². The molecule has 0 bridgehead atoms. The summed E-state index contributed by atoms with van der Waals surface area (Å²) in [5.74, 6) is 1.07. The fraction of sp³-hybridized carbons (Fsp3) is 0.562. The van der Waals surface area contributed by atoms with Gasteiger partial charge in [0.25, 0.3) is 0 Å². The Hall–Kier alpha value is -1.75. The number of nitrogens with zero attached hydrogens (tertiary/aromatic N) is 4. The van der Waals surface area contributed by atoms with Crippen LogP contribution in [-0.4, -0.2) is 33.3 Å². The van der Waals surface area contributed by atoms with Crippen molar-refractivity contribution in [3.05, 3.63) is 41.7 Å². The summed E-state index contributed by atoms with van der Waals surface area (Å²) < 4.78 is 0. The average molecular weight is 285 g/mol. The second-order valence-electron chi connectivity index (χ2n) is 6.13. The van der Waals surface area contributed by atoms with Gasteiger partial charge in [-0.05, 0) is 47.6 Å². The number of hydrogen-bond donors (Lipinski definition) is 1. The van der Waals surface area contributed by atoms with Crippen LogP contribution in [0.2, 0.25) is 0 Å². The van der Waals surface area contributed by atoms with E-state index >= 15 is 0 Å². The van der Waals surface area contributed by atoms with Gasteiger partial charge in [0, 0.05) is 6.54 Å². The van der Waals surface area contributed by atoms with Crippen molar-refractivity contribution in [3.63, 3.8) is 0 Å². The second-order valence-corrected chi connectivity index (χ2v) is 6.13. The van der Waals surface area contributed by atoms with Crippen LogP contribution in [0.4, 0.5) is 0 Å². The lowest BCUT2D eigenvalue weighted by atomic mass is 9.87. The molecule has 1 aromatic heterocycles. The zero-order valence-electron chi connectivity index (χ0n) is 12.7. The molecule has 1 fully saturated rings. The Morgan fingerprint density at radius 1 is 1.19 bits per heavy atom. The van der Waals surface area contributed by atoms with Crippen LogP contribution < -0.4 is 5.32 Å². The highest BCUT2D eigenvalue weighted by Crippen LogP contribution is 2.30. The van der Waals surface area contributed by atoms with Crippen LogP contribution in [0.15, 0.2) is 30.6 Å². The fourth-order valence-electron chi connectivity index (χ4n) is 3.12. The molecule has 5 nitrogen and oxygen atoms in total. The Morgan fingerprint density at radius 2 is 1.95 bits per heavy atom. The molecule has 0 spiro atoms.